The maximum Gasteiger partial charge on any atom is 0.186 e. The fourth-order valence-corrected chi connectivity index (χ4v) is 2.96. The van der Waals surface area contributed by atoms with Crippen molar-refractivity contribution < 1.29 is 13.5 Å². The molecular formula is C13H13F2N3OS. The van der Waals surface area contributed by atoms with E-state index in [2.05, 4.69) is 9.88 Å². The van der Waals surface area contributed by atoms with Gasteiger partial charge in [0.2, 0.25) is 0 Å². The predicted octanol–water partition coefficient (Wildman–Crippen LogP) is 2.51. The van der Waals surface area contributed by atoms with Crippen LogP contribution in [0.1, 0.15) is 0 Å². The summed E-state index contributed by atoms with van der Waals surface area (Å²) in [5, 5.41) is 2.64. The third-order valence-electron chi connectivity index (χ3n) is 3.18. The second kappa shape index (κ2) is 5.34. The Bertz CT molecular complexity index is 626. The lowest BCUT2D eigenvalue weighted by Crippen LogP contribution is -2.36. The van der Waals surface area contributed by atoms with Crippen molar-refractivity contribution in [1.82, 2.24) is 4.98 Å². The Morgan fingerprint density at radius 1 is 1.25 bits per heavy atom. The molecule has 0 saturated carbocycles. The van der Waals surface area contributed by atoms with Gasteiger partial charge in [0.15, 0.2) is 16.8 Å². The molecule has 20 heavy (non-hydrogen) atoms. The van der Waals surface area contributed by atoms with E-state index in [0.29, 0.717) is 24.5 Å². The van der Waals surface area contributed by atoms with E-state index in [1.807, 2.05) is 0 Å². The molecule has 2 aromatic rings. The summed E-state index contributed by atoms with van der Waals surface area (Å²) in [4.78, 5) is 6.56. The number of hydrogen-bond acceptors (Lipinski definition) is 5. The largest absolute Gasteiger partial charge is 0.396 e. The van der Waals surface area contributed by atoms with Crippen molar-refractivity contribution in [3.63, 3.8) is 0 Å². The molecule has 0 atom stereocenters. The number of anilines is 2. The van der Waals surface area contributed by atoms with E-state index in [4.69, 9.17) is 10.5 Å². The molecule has 1 aromatic carbocycles. The number of thiazole rings is 1. The molecule has 3 rings (SSSR count). The normalized spacial score (nSPS) is 15.6. The number of halogens is 2. The van der Waals surface area contributed by atoms with Gasteiger partial charge in [0.05, 0.1) is 24.6 Å². The third kappa shape index (κ3) is 2.34. The maximum absolute atomic E-state index is 13.5. The lowest BCUT2D eigenvalue weighted by molar-refractivity contribution is 0.122. The van der Waals surface area contributed by atoms with Crippen LogP contribution in [0.15, 0.2) is 17.5 Å². The molecule has 4 nitrogen and oxygen atoms in total. The van der Waals surface area contributed by atoms with Crippen LogP contribution in [0.3, 0.4) is 0 Å². The zero-order valence-electron chi connectivity index (χ0n) is 10.6. The molecule has 0 aliphatic carbocycles. The minimum Gasteiger partial charge on any atom is -0.396 e. The summed E-state index contributed by atoms with van der Waals surface area (Å²) in [7, 11) is 0. The van der Waals surface area contributed by atoms with Crippen LogP contribution < -0.4 is 10.6 Å². The Morgan fingerprint density at radius 3 is 2.75 bits per heavy atom. The summed E-state index contributed by atoms with van der Waals surface area (Å²) < 4.78 is 31.8. The highest BCUT2D eigenvalue weighted by Crippen LogP contribution is 2.33. The first-order chi connectivity index (χ1) is 9.66. The minimum atomic E-state index is -1.02. The quantitative estimate of drug-likeness (QED) is 0.865. The second-order valence-electron chi connectivity index (χ2n) is 4.44. The van der Waals surface area contributed by atoms with Gasteiger partial charge in [0.1, 0.15) is 0 Å². The van der Waals surface area contributed by atoms with Crippen LogP contribution in [-0.2, 0) is 4.74 Å². The van der Waals surface area contributed by atoms with Crippen LogP contribution in [-0.4, -0.2) is 31.3 Å². The van der Waals surface area contributed by atoms with Crippen molar-refractivity contribution in [1.29, 1.82) is 0 Å². The highest BCUT2D eigenvalue weighted by Gasteiger charge is 2.18. The zero-order chi connectivity index (χ0) is 14.1. The molecular weight excluding hydrogens is 284 g/mol. The van der Waals surface area contributed by atoms with Crippen LogP contribution in [0.25, 0.3) is 11.3 Å². The Labute approximate surface area is 118 Å². The van der Waals surface area contributed by atoms with Crippen LogP contribution >= 0.6 is 11.3 Å². The maximum atomic E-state index is 13.5. The van der Waals surface area contributed by atoms with Gasteiger partial charge in [-0.1, -0.05) is 0 Å². The molecule has 2 heterocycles. The summed E-state index contributed by atoms with van der Waals surface area (Å²) in [5.74, 6) is -1.97. The van der Waals surface area contributed by atoms with E-state index in [1.54, 1.807) is 5.38 Å². The number of morpholine rings is 1. The SMILES string of the molecule is Nc1c(-c2csc(N3CCOCC3)n2)ccc(F)c1F. The standard InChI is InChI=1S/C13H13F2N3OS/c14-9-2-1-8(12(16)11(9)15)10-7-20-13(17-10)18-3-5-19-6-4-18/h1-2,7H,3-6,16H2. The lowest BCUT2D eigenvalue weighted by Gasteiger charge is -2.26. The molecule has 0 unspecified atom stereocenters. The van der Waals surface area contributed by atoms with E-state index in [1.165, 1.54) is 17.4 Å². The van der Waals surface area contributed by atoms with Gasteiger partial charge in [-0.15, -0.1) is 11.3 Å². The number of benzene rings is 1. The summed E-state index contributed by atoms with van der Waals surface area (Å²) >= 11 is 1.46. The number of rotatable bonds is 2. The zero-order valence-corrected chi connectivity index (χ0v) is 11.4. The summed E-state index contributed by atoms with van der Waals surface area (Å²) in [5.41, 5.74) is 6.39. The van der Waals surface area contributed by atoms with Crippen LogP contribution in [0.5, 0.6) is 0 Å². The van der Waals surface area contributed by atoms with Gasteiger partial charge >= 0.3 is 0 Å². The van der Waals surface area contributed by atoms with Crippen molar-refractivity contribution in [3.8, 4) is 11.3 Å². The van der Waals surface area contributed by atoms with E-state index >= 15 is 0 Å². The van der Waals surface area contributed by atoms with Crippen molar-refractivity contribution in [2.24, 2.45) is 0 Å². The topological polar surface area (TPSA) is 51.4 Å². The molecule has 106 valence electrons. The van der Waals surface area contributed by atoms with Crippen molar-refractivity contribution in [2.45, 2.75) is 0 Å². The number of nitrogens with zero attached hydrogens (tertiary/aromatic N) is 2. The van der Waals surface area contributed by atoms with Gasteiger partial charge in [0, 0.05) is 24.0 Å². The molecule has 1 fully saturated rings. The second-order valence-corrected chi connectivity index (χ2v) is 5.27. The highest BCUT2D eigenvalue weighted by molar-refractivity contribution is 7.14. The average Bonchev–Trinajstić information content (AvgIpc) is 2.95. The first-order valence-electron chi connectivity index (χ1n) is 6.19. The number of hydrogen-bond donors (Lipinski definition) is 1. The summed E-state index contributed by atoms with van der Waals surface area (Å²) in [6.45, 7) is 2.89. The Balaban J connectivity index is 1.92. The molecule has 0 spiro atoms. The summed E-state index contributed by atoms with van der Waals surface area (Å²) in [6.07, 6.45) is 0. The fraction of sp³-hybridized carbons (Fsp3) is 0.308. The monoisotopic (exact) mass is 297 g/mol. The van der Waals surface area contributed by atoms with Gasteiger partial charge in [-0.3, -0.25) is 0 Å². The van der Waals surface area contributed by atoms with Crippen molar-refractivity contribution in [3.05, 3.63) is 29.1 Å². The molecule has 1 aliphatic rings. The number of nitrogens with two attached hydrogens (primary N) is 1. The fourth-order valence-electron chi connectivity index (χ4n) is 2.08. The molecule has 1 aromatic heterocycles. The van der Waals surface area contributed by atoms with Crippen LogP contribution in [0, 0.1) is 11.6 Å². The molecule has 1 saturated heterocycles. The van der Waals surface area contributed by atoms with Crippen LogP contribution in [0.4, 0.5) is 19.6 Å². The predicted molar refractivity (Wildman–Crippen MR) is 74.9 cm³/mol. The third-order valence-corrected chi connectivity index (χ3v) is 4.08. The molecule has 7 heteroatoms. The van der Waals surface area contributed by atoms with Crippen molar-refractivity contribution >= 4 is 22.2 Å². The Kier molecular flexibility index (Phi) is 3.54. The van der Waals surface area contributed by atoms with Crippen molar-refractivity contribution in [2.75, 3.05) is 36.9 Å². The van der Waals surface area contributed by atoms with Gasteiger partial charge in [-0.25, -0.2) is 13.8 Å². The Hall–Kier alpha value is -1.73. The van der Waals surface area contributed by atoms with Crippen LogP contribution in [0.2, 0.25) is 0 Å². The molecule has 2 N–H and O–H groups in total. The first kappa shape index (κ1) is 13.3. The molecule has 0 amide bonds. The van der Waals surface area contributed by atoms with E-state index in [-0.39, 0.29) is 5.69 Å². The summed E-state index contributed by atoms with van der Waals surface area (Å²) in [6, 6.07) is 2.51. The average molecular weight is 297 g/mol. The smallest absolute Gasteiger partial charge is 0.186 e. The van der Waals surface area contributed by atoms with Gasteiger partial charge in [-0.05, 0) is 12.1 Å². The van der Waals surface area contributed by atoms with E-state index in [9.17, 15) is 8.78 Å². The van der Waals surface area contributed by atoms with Gasteiger partial charge in [0.25, 0.3) is 0 Å². The molecule has 0 radical (unpaired) electrons. The Morgan fingerprint density at radius 2 is 2.00 bits per heavy atom. The highest BCUT2D eigenvalue weighted by atomic mass is 32.1. The molecule has 1 aliphatic heterocycles. The molecule has 0 bridgehead atoms. The van der Waals surface area contributed by atoms with E-state index < -0.39 is 11.6 Å². The van der Waals surface area contributed by atoms with Gasteiger partial charge < -0.3 is 15.4 Å². The number of ether oxygens (including phenoxy) is 1. The number of aromatic nitrogens is 1. The first-order valence-corrected chi connectivity index (χ1v) is 7.07. The lowest BCUT2D eigenvalue weighted by atomic mass is 10.1. The minimum absolute atomic E-state index is 0.205. The van der Waals surface area contributed by atoms with Gasteiger partial charge in [-0.2, -0.15) is 0 Å². The number of nitrogen functional groups attached to an aromatic ring is 1. The van der Waals surface area contributed by atoms with E-state index in [0.717, 1.165) is 24.3 Å².